The first-order valence-corrected chi connectivity index (χ1v) is 15.3. The average Bonchev–Trinajstić information content (AvgIpc) is 3.38. The monoisotopic (exact) mass is 591 g/mol. The number of nitrogens with one attached hydrogen (secondary N) is 1. The molecule has 0 radical (unpaired) electrons. The summed E-state index contributed by atoms with van der Waals surface area (Å²) in [5.74, 6) is 2.06. The Morgan fingerprint density at radius 1 is 1.02 bits per heavy atom. The molecule has 41 heavy (non-hydrogen) atoms. The Kier molecular flexibility index (Phi) is 9.37. The molecule has 1 N–H and O–H groups in total. The van der Waals surface area contributed by atoms with Crippen molar-refractivity contribution >= 4 is 35.2 Å². The first kappa shape index (κ1) is 29.2. The summed E-state index contributed by atoms with van der Waals surface area (Å²) in [6.45, 7) is 10.4. The van der Waals surface area contributed by atoms with Crippen molar-refractivity contribution in [3.63, 3.8) is 0 Å². The van der Waals surface area contributed by atoms with Crippen molar-refractivity contribution in [1.82, 2.24) is 24.6 Å². The first-order chi connectivity index (χ1) is 19.8. The summed E-state index contributed by atoms with van der Waals surface area (Å²) in [7, 11) is 4.04. The predicted octanol–water partition coefficient (Wildman–Crippen LogP) is 6.95. The van der Waals surface area contributed by atoms with Crippen LogP contribution in [0.25, 0.3) is 11.3 Å². The highest BCUT2D eigenvalue weighted by molar-refractivity contribution is 8.00. The van der Waals surface area contributed by atoms with Crippen LogP contribution in [-0.2, 0) is 19.9 Å². The SMILES string of the molecule is CCc1c(Oc2cccc(N3CCN(C)CC3)c2Cl)nc(NSc2cnn(C)c2)nc1-c1ccccc1CC(C)C. The van der Waals surface area contributed by atoms with Gasteiger partial charge < -0.3 is 14.5 Å². The Bertz CT molecular complexity index is 1480. The van der Waals surface area contributed by atoms with Gasteiger partial charge in [0.05, 0.1) is 22.5 Å². The lowest BCUT2D eigenvalue weighted by Crippen LogP contribution is -2.44. The van der Waals surface area contributed by atoms with Gasteiger partial charge >= 0.3 is 0 Å². The maximum Gasteiger partial charge on any atom is 0.237 e. The van der Waals surface area contributed by atoms with E-state index in [9.17, 15) is 0 Å². The molecule has 0 unspecified atom stereocenters. The van der Waals surface area contributed by atoms with E-state index >= 15 is 0 Å². The van der Waals surface area contributed by atoms with E-state index in [2.05, 4.69) is 77.8 Å². The van der Waals surface area contributed by atoms with Crippen molar-refractivity contribution < 1.29 is 4.74 Å². The van der Waals surface area contributed by atoms with Crippen molar-refractivity contribution in [2.24, 2.45) is 13.0 Å². The van der Waals surface area contributed by atoms with Crippen molar-refractivity contribution in [3.05, 3.63) is 71.0 Å². The molecule has 1 aliphatic heterocycles. The van der Waals surface area contributed by atoms with Crippen LogP contribution >= 0.6 is 23.5 Å². The molecular formula is C31H38ClN7OS. The number of anilines is 2. The summed E-state index contributed by atoms with van der Waals surface area (Å²) in [5.41, 5.74) is 5.14. The molecule has 2 aromatic carbocycles. The number of rotatable bonds is 10. The Labute approximate surface area is 252 Å². The predicted molar refractivity (Wildman–Crippen MR) is 169 cm³/mol. The number of nitrogens with zero attached hydrogens (tertiary/aromatic N) is 6. The second-order valence-electron chi connectivity index (χ2n) is 10.8. The minimum Gasteiger partial charge on any atom is -0.437 e. The van der Waals surface area contributed by atoms with Crippen LogP contribution in [0.5, 0.6) is 11.6 Å². The topological polar surface area (TPSA) is 71.3 Å². The van der Waals surface area contributed by atoms with Crippen LogP contribution in [0, 0.1) is 5.92 Å². The standard InChI is InChI=1S/C31H38ClN7OS/c1-6-24-29(25-11-8-7-10-22(25)18-21(2)3)34-31(36-41-23-19-33-38(5)20-23)35-30(24)40-27-13-9-12-26(28(27)32)39-16-14-37(4)15-17-39/h7-13,19-21H,6,14-18H2,1-5H3,(H,34,35,36). The quantitative estimate of drug-likeness (QED) is 0.199. The number of hydrogen-bond acceptors (Lipinski definition) is 8. The van der Waals surface area contributed by atoms with Gasteiger partial charge in [-0.25, -0.2) is 4.98 Å². The fraction of sp³-hybridized carbons (Fsp3) is 0.387. The van der Waals surface area contributed by atoms with E-state index in [1.807, 2.05) is 25.4 Å². The number of benzene rings is 2. The molecule has 4 aromatic rings. The molecular weight excluding hydrogens is 554 g/mol. The number of aryl methyl sites for hydroxylation is 1. The molecule has 1 saturated heterocycles. The van der Waals surface area contributed by atoms with Crippen LogP contribution in [-0.4, -0.2) is 57.9 Å². The average molecular weight is 592 g/mol. The lowest BCUT2D eigenvalue weighted by molar-refractivity contribution is 0.313. The third kappa shape index (κ3) is 6.97. The molecule has 0 amide bonds. The van der Waals surface area contributed by atoms with E-state index in [0.717, 1.165) is 60.0 Å². The zero-order valence-electron chi connectivity index (χ0n) is 24.4. The summed E-state index contributed by atoms with van der Waals surface area (Å²) in [4.78, 5) is 15.5. The van der Waals surface area contributed by atoms with Crippen LogP contribution in [0.15, 0.2) is 59.8 Å². The van der Waals surface area contributed by atoms with Crippen LogP contribution in [0.3, 0.4) is 0 Å². The minimum absolute atomic E-state index is 0.465. The maximum absolute atomic E-state index is 6.99. The van der Waals surface area contributed by atoms with Gasteiger partial charge in [-0.05, 0) is 55.5 Å². The van der Waals surface area contributed by atoms with Crippen LogP contribution in [0.1, 0.15) is 31.9 Å². The number of likely N-dealkylation sites (N-methyl/N-ethyl adjacent to an activating group) is 1. The molecule has 10 heteroatoms. The zero-order chi connectivity index (χ0) is 28.9. The number of piperazine rings is 1. The molecule has 5 rings (SSSR count). The van der Waals surface area contributed by atoms with Gasteiger partial charge in [0.1, 0.15) is 10.8 Å². The van der Waals surface area contributed by atoms with E-state index in [1.165, 1.54) is 17.5 Å². The Balaban J connectivity index is 1.55. The van der Waals surface area contributed by atoms with E-state index in [0.29, 0.717) is 34.9 Å². The summed E-state index contributed by atoms with van der Waals surface area (Å²) in [5, 5.41) is 4.86. The molecule has 8 nitrogen and oxygen atoms in total. The second kappa shape index (κ2) is 13.1. The van der Waals surface area contributed by atoms with E-state index in [4.69, 9.17) is 26.3 Å². The van der Waals surface area contributed by atoms with Gasteiger partial charge in [-0.3, -0.25) is 9.40 Å². The third-order valence-corrected chi connectivity index (χ3v) is 8.27. The van der Waals surface area contributed by atoms with E-state index < -0.39 is 0 Å². The Morgan fingerprint density at radius 2 is 1.80 bits per heavy atom. The summed E-state index contributed by atoms with van der Waals surface area (Å²) in [6, 6.07) is 14.5. The van der Waals surface area contributed by atoms with E-state index in [-0.39, 0.29) is 0 Å². The number of hydrogen-bond donors (Lipinski definition) is 1. The minimum atomic E-state index is 0.465. The zero-order valence-corrected chi connectivity index (χ0v) is 26.0. The van der Waals surface area contributed by atoms with Crippen LogP contribution < -0.4 is 14.4 Å². The highest BCUT2D eigenvalue weighted by atomic mass is 35.5. The van der Waals surface area contributed by atoms with Gasteiger partial charge in [-0.15, -0.1) is 0 Å². The molecule has 2 aromatic heterocycles. The van der Waals surface area contributed by atoms with Crippen molar-refractivity contribution in [3.8, 4) is 22.9 Å². The number of halogens is 1. The lowest BCUT2D eigenvalue weighted by atomic mass is 9.94. The van der Waals surface area contributed by atoms with Crippen molar-refractivity contribution in [2.75, 3.05) is 42.8 Å². The fourth-order valence-corrected chi connectivity index (χ4v) is 5.92. The molecule has 1 aliphatic rings. The van der Waals surface area contributed by atoms with Crippen molar-refractivity contribution in [2.45, 2.75) is 38.5 Å². The van der Waals surface area contributed by atoms with Gasteiger partial charge in [0.25, 0.3) is 0 Å². The largest absolute Gasteiger partial charge is 0.437 e. The molecule has 0 atom stereocenters. The Morgan fingerprint density at radius 3 is 2.51 bits per heavy atom. The van der Waals surface area contributed by atoms with E-state index in [1.54, 1.807) is 10.9 Å². The second-order valence-corrected chi connectivity index (χ2v) is 12.1. The van der Waals surface area contributed by atoms with Crippen molar-refractivity contribution in [1.29, 1.82) is 0 Å². The Hall–Kier alpha value is -3.27. The number of ether oxygens (including phenoxy) is 1. The molecule has 216 valence electrons. The van der Waals surface area contributed by atoms with Gasteiger partial charge in [-0.1, -0.05) is 62.7 Å². The fourth-order valence-electron chi connectivity index (χ4n) is 5.03. The third-order valence-electron chi connectivity index (χ3n) is 7.16. The highest BCUT2D eigenvalue weighted by Gasteiger charge is 2.23. The molecule has 0 saturated carbocycles. The normalized spacial score (nSPS) is 14.1. The lowest BCUT2D eigenvalue weighted by Gasteiger charge is -2.34. The summed E-state index contributed by atoms with van der Waals surface area (Å²) < 4.78 is 11.7. The van der Waals surface area contributed by atoms with Gasteiger partial charge in [0.2, 0.25) is 11.8 Å². The maximum atomic E-state index is 6.99. The van der Waals surface area contributed by atoms with Gasteiger partial charge in [0, 0.05) is 50.6 Å². The van der Waals surface area contributed by atoms with Crippen LogP contribution in [0.4, 0.5) is 11.6 Å². The molecule has 0 bridgehead atoms. The molecule has 3 heterocycles. The smallest absolute Gasteiger partial charge is 0.237 e. The van der Waals surface area contributed by atoms with Gasteiger partial charge in [0.15, 0.2) is 0 Å². The van der Waals surface area contributed by atoms with Gasteiger partial charge in [-0.2, -0.15) is 10.1 Å². The number of aromatic nitrogens is 4. The molecule has 0 aliphatic carbocycles. The summed E-state index contributed by atoms with van der Waals surface area (Å²) in [6.07, 6.45) is 5.40. The summed E-state index contributed by atoms with van der Waals surface area (Å²) >= 11 is 8.41. The van der Waals surface area contributed by atoms with Crippen LogP contribution in [0.2, 0.25) is 5.02 Å². The molecule has 0 spiro atoms. The first-order valence-electron chi connectivity index (χ1n) is 14.1. The molecule has 1 fully saturated rings. The highest BCUT2D eigenvalue weighted by Crippen LogP contribution is 2.40.